The lowest BCUT2D eigenvalue weighted by molar-refractivity contribution is -0.385. The van der Waals surface area contributed by atoms with Gasteiger partial charge in [-0.2, -0.15) is 5.26 Å². The maximum atomic E-state index is 11.2. The summed E-state index contributed by atoms with van der Waals surface area (Å²) in [4.78, 5) is 13.2. The van der Waals surface area contributed by atoms with E-state index in [-0.39, 0.29) is 10.6 Å². The Morgan fingerprint density at radius 1 is 1.40 bits per heavy atom. The molecule has 6 nitrogen and oxygen atoms in total. The smallest absolute Gasteiger partial charge is 0.311 e. The molecule has 1 heterocycles. The van der Waals surface area contributed by atoms with Crippen LogP contribution in [0.1, 0.15) is 44.6 Å². The normalized spacial score (nSPS) is 19.3. The van der Waals surface area contributed by atoms with Crippen molar-refractivity contribution in [3.05, 3.63) is 27.8 Å². The number of nitro groups is 1. The van der Waals surface area contributed by atoms with Gasteiger partial charge in [-0.15, -0.1) is 0 Å². The Morgan fingerprint density at radius 2 is 2.08 bits per heavy atom. The van der Waals surface area contributed by atoms with E-state index < -0.39 is 0 Å². The number of hydrogen-bond acceptors (Lipinski definition) is 5. The van der Waals surface area contributed by atoms with Crippen molar-refractivity contribution < 1.29 is 9.66 Å². The van der Waals surface area contributed by atoms with Gasteiger partial charge in [-0.1, -0.05) is 6.92 Å². The van der Waals surface area contributed by atoms with Gasteiger partial charge in [0.05, 0.1) is 18.1 Å². The zero-order valence-electron chi connectivity index (χ0n) is 15.0. The highest BCUT2D eigenvalue weighted by atomic mass is 16.6. The second-order valence-corrected chi connectivity index (χ2v) is 7.39. The van der Waals surface area contributed by atoms with Gasteiger partial charge in [-0.05, 0) is 49.0 Å². The van der Waals surface area contributed by atoms with Gasteiger partial charge in [0.25, 0.3) is 0 Å². The zero-order valence-corrected chi connectivity index (χ0v) is 15.0. The molecule has 0 radical (unpaired) electrons. The first-order valence-electron chi connectivity index (χ1n) is 8.99. The van der Waals surface area contributed by atoms with Crippen LogP contribution in [0.25, 0.3) is 0 Å². The van der Waals surface area contributed by atoms with Gasteiger partial charge in [-0.25, -0.2) is 0 Å². The highest BCUT2D eigenvalue weighted by Gasteiger charge is 2.45. The molecule has 0 atom stereocenters. The second kappa shape index (κ2) is 6.91. The molecule has 1 aliphatic carbocycles. The number of nitro benzene ring substituents is 1. The minimum Gasteiger partial charge on any atom is -0.490 e. The monoisotopic (exact) mass is 343 g/mol. The maximum Gasteiger partial charge on any atom is 0.311 e. The fourth-order valence-corrected chi connectivity index (χ4v) is 4.55. The summed E-state index contributed by atoms with van der Waals surface area (Å²) in [5.41, 5.74) is 2.52. The van der Waals surface area contributed by atoms with Crippen molar-refractivity contribution in [3.63, 3.8) is 0 Å². The second-order valence-electron chi connectivity index (χ2n) is 7.39. The molecule has 1 saturated carbocycles. The lowest BCUT2D eigenvalue weighted by Gasteiger charge is -2.52. The Morgan fingerprint density at radius 3 is 2.60 bits per heavy atom. The van der Waals surface area contributed by atoms with E-state index in [0.29, 0.717) is 23.5 Å². The van der Waals surface area contributed by atoms with Gasteiger partial charge in [-0.3, -0.25) is 10.1 Å². The number of nitrogens with zero attached hydrogens (tertiary/aromatic N) is 3. The van der Waals surface area contributed by atoms with Crippen molar-refractivity contribution >= 4 is 11.4 Å². The first-order chi connectivity index (χ1) is 12.0. The van der Waals surface area contributed by atoms with E-state index >= 15 is 0 Å². The Kier molecular flexibility index (Phi) is 4.85. The number of ether oxygens (including phenoxy) is 1. The minimum absolute atomic E-state index is 0.0370. The average Bonchev–Trinajstić information content (AvgIpc) is 2.60. The molecule has 6 heteroatoms. The van der Waals surface area contributed by atoms with Crippen LogP contribution in [-0.2, 0) is 6.42 Å². The molecule has 3 rings (SSSR count). The van der Waals surface area contributed by atoms with Crippen LogP contribution < -0.4 is 9.64 Å². The SMILES string of the molecule is CCc1cc([N+](=O)[O-])c(OC)cc1N1CCC2(CC1)CC(CC#N)C2. The van der Waals surface area contributed by atoms with Crippen LogP contribution in [0.3, 0.4) is 0 Å². The Balaban J connectivity index is 1.75. The number of methoxy groups -OCH3 is 1. The molecule has 134 valence electrons. The van der Waals surface area contributed by atoms with Crippen molar-refractivity contribution in [3.8, 4) is 11.8 Å². The Labute approximate surface area is 148 Å². The van der Waals surface area contributed by atoms with E-state index in [1.165, 1.54) is 20.0 Å². The third-order valence-electron chi connectivity index (χ3n) is 5.95. The van der Waals surface area contributed by atoms with Crippen LogP contribution in [-0.4, -0.2) is 25.1 Å². The number of rotatable bonds is 5. The molecule has 1 spiro atoms. The first kappa shape index (κ1) is 17.5. The highest BCUT2D eigenvalue weighted by Crippen LogP contribution is 2.54. The van der Waals surface area contributed by atoms with Gasteiger partial charge in [0.2, 0.25) is 0 Å². The summed E-state index contributed by atoms with van der Waals surface area (Å²) < 4.78 is 5.25. The fourth-order valence-electron chi connectivity index (χ4n) is 4.55. The first-order valence-corrected chi connectivity index (χ1v) is 8.99. The van der Waals surface area contributed by atoms with Crippen LogP contribution in [0.2, 0.25) is 0 Å². The van der Waals surface area contributed by atoms with E-state index in [9.17, 15) is 10.1 Å². The predicted octanol–water partition coefficient (Wildman–Crippen LogP) is 4.08. The molecule has 2 aliphatic rings. The fraction of sp³-hybridized carbons (Fsp3) is 0.632. The van der Waals surface area contributed by atoms with E-state index in [1.54, 1.807) is 6.07 Å². The third kappa shape index (κ3) is 3.28. The summed E-state index contributed by atoms with van der Waals surface area (Å²) in [6.07, 6.45) is 6.07. The van der Waals surface area contributed by atoms with Crippen LogP contribution >= 0.6 is 0 Å². The van der Waals surface area contributed by atoms with E-state index in [2.05, 4.69) is 11.0 Å². The Bertz CT molecular complexity index is 695. The molecule has 1 saturated heterocycles. The number of hydrogen-bond donors (Lipinski definition) is 0. The molecule has 0 bridgehead atoms. The maximum absolute atomic E-state index is 11.2. The summed E-state index contributed by atoms with van der Waals surface area (Å²) >= 11 is 0. The lowest BCUT2D eigenvalue weighted by atomic mass is 9.57. The molecule has 1 aromatic carbocycles. The number of nitriles is 1. The molecule has 0 aromatic heterocycles. The van der Waals surface area contributed by atoms with Gasteiger partial charge in [0, 0.05) is 37.3 Å². The van der Waals surface area contributed by atoms with Gasteiger partial charge in [0.15, 0.2) is 5.75 Å². The van der Waals surface area contributed by atoms with Crippen LogP contribution in [0.5, 0.6) is 5.75 Å². The summed E-state index contributed by atoms with van der Waals surface area (Å²) in [7, 11) is 1.48. The van der Waals surface area contributed by atoms with Crippen molar-refractivity contribution in [2.45, 2.75) is 45.4 Å². The molecular formula is C19H25N3O3. The summed E-state index contributed by atoms with van der Waals surface area (Å²) in [5, 5.41) is 20.1. The third-order valence-corrected chi connectivity index (χ3v) is 5.95. The molecule has 1 aliphatic heterocycles. The molecule has 1 aromatic rings. The standard InChI is InChI=1S/C19H25N3O3/c1-3-15-10-17(22(23)24)18(25-2)11-16(15)21-8-5-19(6-9-21)12-14(13-19)4-7-20/h10-11,14H,3-6,8-9,12-13H2,1-2H3. The van der Waals surface area contributed by atoms with E-state index in [4.69, 9.17) is 10.00 Å². The Hall–Kier alpha value is -2.29. The van der Waals surface area contributed by atoms with E-state index in [1.807, 2.05) is 13.0 Å². The van der Waals surface area contributed by atoms with Crippen molar-refractivity contribution in [1.82, 2.24) is 0 Å². The van der Waals surface area contributed by atoms with Crippen molar-refractivity contribution in [2.24, 2.45) is 11.3 Å². The van der Waals surface area contributed by atoms with Crippen molar-refractivity contribution in [1.29, 1.82) is 5.26 Å². The molecular weight excluding hydrogens is 318 g/mol. The predicted molar refractivity (Wildman–Crippen MR) is 95.9 cm³/mol. The minimum atomic E-state index is -0.378. The number of aryl methyl sites for hydroxylation is 1. The number of piperidine rings is 1. The van der Waals surface area contributed by atoms with Crippen LogP contribution in [0.15, 0.2) is 12.1 Å². The molecule has 25 heavy (non-hydrogen) atoms. The van der Waals surface area contributed by atoms with Crippen LogP contribution in [0.4, 0.5) is 11.4 Å². The van der Waals surface area contributed by atoms with Gasteiger partial charge < -0.3 is 9.64 Å². The lowest BCUT2D eigenvalue weighted by Crippen LogP contribution is -2.47. The molecule has 0 N–H and O–H groups in total. The van der Waals surface area contributed by atoms with Crippen molar-refractivity contribution in [2.75, 3.05) is 25.1 Å². The van der Waals surface area contributed by atoms with Gasteiger partial charge >= 0.3 is 5.69 Å². The quantitative estimate of drug-likeness (QED) is 0.594. The van der Waals surface area contributed by atoms with Crippen LogP contribution in [0, 0.1) is 32.8 Å². The summed E-state index contributed by atoms with van der Waals surface area (Å²) in [6.45, 7) is 3.96. The average molecular weight is 343 g/mol. The summed E-state index contributed by atoms with van der Waals surface area (Å²) in [5.74, 6) is 0.914. The molecule has 2 fully saturated rings. The highest BCUT2D eigenvalue weighted by molar-refractivity contribution is 5.64. The van der Waals surface area contributed by atoms with E-state index in [0.717, 1.165) is 43.6 Å². The molecule has 0 unspecified atom stereocenters. The van der Waals surface area contributed by atoms with Gasteiger partial charge in [0.1, 0.15) is 0 Å². The topological polar surface area (TPSA) is 79.4 Å². The largest absolute Gasteiger partial charge is 0.490 e. The number of benzene rings is 1. The number of anilines is 1. The zero-order chi connectivity index (χ0) is 18.0. The summed E-state index contributed by atoms with van der Waals surface area (Å²) in [6, 6.07) is 5.77. The molecule has 0 amide bonds.